The van der Waals surface area contributed by atoms with Crippen LogP contribution in [0.1, 0.15) is 0 Å². The molecule has 6 heavy (non-hydrogen) atoms. The Morgan fingerprint density at radius 3 is 2.50 bits per heavy atom. The average molecular weight is 100 g/mol. The summed E-state index contributed by atoms with van der Waals surface area (Å²) in [6.07, 6.45) is 4.75. The van der Waals surface area contributed by atoms with Gasteiger partial charge in [0.25, 0.3) is 5.25 Å². The SMILES string of the molecule is C#CC([CH2])[S+]=O. The zero-order valence-electron chi connectivity index (χ0n) is 3.18. The van der Waals surface area contributed by atoms with Crippen molar-refractivity contribution in [2.24, 2.45) is 0 Å². The van der Waals surface area contributed by atoms with Crippen LogP contribution < -0.4 is 0 Å². The Bertz CT molecular complexity index is 82.0. The molecule has 0 saturated heterocycles. The van der Waals surface area contributed by atoms with E-state index in [1.165, 1.54) is 0 Å². The highest BCUT2D eigenvalue weighted by Crippen LogP contribution is 1.73. The van der Waals surface area contributed by atoms with Crippen LogP contribution in [-0.4, -0.2) is 5.25 Å². The average Bonchev–Trinajstić information content (AvgIpc) is 1.65. The molecule has 0 heterocycles. The van der Waals surface area contributed by atoms with Crippen molar-refractivity contribution >= 4 is 11.7 Å². The van der Waals surface area contributed by atoms with E-state index in [4.69, 9.17) is 6.42 Å². The van der Waals surface area contributed by atoms with E-state index in [2.05, 4.69) is 12.8 Å². The lowest BCUT2D eigenvalue weighted by Gasteiger charge is -1.61. The molecule has 0 aromatic heterocycles. The summed E-state index contributed by atoms with van der Waals surface area (Å²) in [5.41, 5.74) is 0. The summed E-state index contributed by atoms with van der Waals surface area (Å²) in [4.78, 5) is 0. The fourth-order valence-corrected chi connectivity index (χ4v) is 0.0833. The maximum Gasteiger partial charge on any atom is 0.476 e. The molecule has 31 valence electrons. The van der Waals surface area contributed by atoms with Gasteiger partial charge in [0, 0.05) is 11.1 Å². The van der Waals surface area contributed by atoms with Gasteiger partial charge in [-0.3, -0.25) is 0 Å². The summed E-state index contributed by atoms with van der Waals surface area (Å²) in [6, 6.07) is 0. The Morgan fingerprint density at radius 2 is 2.50 bits per heavy atom. The van der Waals surface area contributed by atoms with E-state index in [9.17, 15) is 4.21 Å². The van der Waals surface area contributed by atoms with E-state index in [1.54, 1.807) is 0 Å². The summed E-state index contributed by atoms with van der Waals surface area (Å²) in [7, 11) is 0. The molecule has 2 heteroatoms. The lowest BCUT2D eigenvalue weighted by Crippen LogP contribution is -1.90. The van der Waals surface area contributed by atoms with Gasteiger partial charge in [-0.2, -0.15) is 0 Å². The van der Waals surface area contributed by atoms with Crippen LogP contribution in [0, 0.1) is 19.3 Å². The second-order valence-electron chi connectivity index (χ2n) is 0.752. The molecule has 0 saturated carbocycles. The summed E-state index contributed by atoms with van der Waals surface area (Å²) < 4.78 is 9.57. The molecule has 0 aromatic rings. The molecule has 0 aliphatic rings. The van der Waals surface area contributed by atoms with Gasteiger partial charge < -0.3 is 0 Å². The first kappa shape index (κ1) is 5.58. The van der Waals surface area contributed by atoms with Crippen LogP contribution in [-0.2, 0) is 15.9 Å². The Kier molecular flexibility index (Phi) is 2.60. The summed E-state index contributed by atoms with van der Waals surface area (Å²) in [5.74, 6) is 2.15. The minimum absolute atomic E-state index is 0.328. The highest BCUT2D eigenvalue weighted by Gasteiger charge is 2.06. The van der Waals surface area contributed by atoms with Crippen LogP contribution in [0.2, 0.25) is 0 Å². The third-order valence-corrected chi connectivity index (χ3v) is 0.670. The molecular formula is C4H4OS+. The molecule has 0 N–H and O–H groups in total. The Morgan fingerprint density at radius 1 is 2.00 bits per heavy atom. The smallest absolute Gasteiger partial charge is 0.114 e. The molecule has 0 fully saturated rings. The van der Waals surface area contributed by atoms with E-state index in [1.807, 2.05) is 0 Å². The Labute approximate surface area is 41.2 Å². The standard InChI is InChI=1S/C4H4OS/c1-3-4(2)6-5/h1,4H,2H2/q+1. The van der Waals surface area contributed by atoms with Crippen molar-refractivity contribution in [2.45, 2.75) is 5.25 Å². The molecule has 0 rings (SSSR count). The fourth-order valence-electron chi connectivity index (χ4n) is 0.0278. The summed E-state index contributed by atoms with van der Waals surface area (Å²) in [5, 5.41) is -0.426. The van der Waals surface area contributed by atoms with Crippen LogP contribution in [0.4, 0.5) is 0 Å². The van der Waals surface area contributed by atoms with Gasteiger partial charge >= 0.3 is 11.7 Å². The van der Waals surface area contributed by atoms with E-state index in [-0.39, 0.29) is 0 Å². The van der Waals surface area contributed by atoms with Crippen LogP contribution in [0.3, 0.4) is 0 Å². The summed E-state index contributed by atoms with van der Waals surface area (Å²) >= 11 is 0.328. The Hall–Kier alpha value is -0.420. The van der Waals surface area contributed by atoms with Crippen molar-refractivity contribution in [1.29, 1.82) is 0 Å². The second kappa shape index (κ2) is 2.80. The van der Waals surface area contributed by atoms with Gasteiger partial charge in [0.15, 0.2) is 0 Å². The van der Waals surface area contributed by atoms with Gasteiger partial charge in [0.2, 0.25) is 0 Å². The third-order valence-electron chi connectivity index (χ3n) is 0.302. The normalized spacial score (nSPS) is 12.0. The lowest BCUT2D eigenvalue weighted by molar-refractivity contribution is 0.604. The van der Waals surface area contributed by atoms with Crippen molar-refractivity contribution < 1.29 is 4.21 Å². The molecule has 0 aliphatic carbocycles. The molecule has 1 nitrogen and oxygen atoms in total. The monoisotopic (exact) mass is 100.0 g/mol. The lowest BCUT2D eigenvalue weighted by atomic mass is 10.5. The molecule has 0 amide bonds. The molecular weight excluding hydrogens is 96.1 g/mol. The quantitative estimate of drug-likeness (QED) is 0.341. The van der Waals surface area contributed by atoms with Crippen molar-refractivity contribution in [1.82, 2.24) is 0 Å². The maximum atomic E-state index is 9.57. The first-order chi connectivity index (χ1) is 2.81. The fraction of sp³-hybridized carbons (Fsp3) is 0.250. The topological polar surface area (TPSA) is 17.1 Å². The third kappa shape index (κ3) is 1.86. The molecule has 1 atom stereocenters. The number of rotatable bonds is 1. The second-order valence-corrected chi connectivity index (χ2v) is 1.51. The van der Waals surface area contributed by atoms with Crippen molar-refractivity contribution in [3.05, 3.63) is 6.92 Å². The van der Waals surface area contributed by atoms with Gasteiger partial charge in [-0.15, -0.1) is 6.42 Å². The zero-order chi connectivity index (χ0) is 4.99. The van der Waals surface area contributed by atoms with E-state index >= 15 is 0 Å². The van der Waals surface area contributed by atoms with Crippen LogP contribution in [0.15, 0.2) is 0 Å². The predicted octanol–water partition coefficient (Wildman–Crippen LogP) is 0.250. The van der Waals surface area contributed by atoms with Gasteiger partial charge in [-0.1, -0.05) is 0 Å². The zero-order valence-corrected chi connectivity index (χ0v) is 3.99. The van der Waals surface area contributed by atoms with Gasteiger partial charge in [0.1, 0.15) is 0 Å². The van der Waals surface area contributed by atoms with Gasteiger partial charge in [-0.05, 0) is 5.92 Å². The van der Waals surface area contributed by atoms with Crippen LogP contribution in [0.5, 0.6) is 0 Å². The maximum absolute atomic E-state index is 9.57. The highest BCUT2D eigenvalue weighted by atomic mass is 32.1. The van der Waals surface area contributed by atoms with E-state index in [0.717, 1.165) is 0 Å². The van der Waals surface area contributed by atoms with E-state index in [0.29, 0.717) is 11.7 Å². The summed E-state index contributed by atoms with van der Waals surface area (Å²) in [6.45, 7) is 3.29. The predicted molar refractivity (Wildman–Crippen MR) is 26.0 cm³/mol. The highest BCUT2D eigenvalue weighted by molar-refractivity contribution is 7.66. The largest absolute Gasteiger partial charge is 0.476 e. The van der Waals surface area contributed by atoms with Crippen molar-refractivity contribution in [2.75, 3.05) is 0 Å². The first-order valence-corrected chi connectivity index (χ1v) is 2.19. The molecule has 0 aliphatic heterocycles. The minimum atomic E-state index is -0.426. The number of terminal acetylenes is 1. The molecule has 1 unspecified atom stereocenters. The number of hydrogen-bond acceptors (Lipinski definition) is 1. The van der Waals surface area contributed by atoms with Crippen LogP contribution in [0.25, 0.3) is 0 Å². The molecule has 0 aromatic carbocycles. The van der Waals surface area contributed by atoms with Crippen molar-refractivity contribution in [3.63, 3.8) is 0 Å². The minimum Gasteiger partial charge on any atom is -0.114 e. The molecule has 0 spiro atoms. The van der Waals surface area contributed by atoms with Crippen LogP contribution >= 0.6 is 0 Å². The van der Waals surface area contributed by atoms with Gasteiger partial charge in [0.05, 0.1) is 0 Å². The van der Waals surface area contributed by atoms with E-state index < -0.39 is 5.25 Å². The molecule has 1 radical (unpaired) electrons. The van der Waals surface area contributed by atoms with Crippen molar-refractivity contribution in [3.8, 4) is 12.3 Å². The van der Waals surface area contributed by atoms with Gasteiger partial charge in [-0.25, -0.2) is 0 Å². The number of hydrogen-bond donors (Lipinski definition) is 0. The Balaban J connectivity index is 3.30. The first-order valence-electron chi connectivity index (χ1n) is 1.39. The molecule has 0 bridgehead atoms.